The van der Waals surface area contributed by atoms with Gasteiger partial charge in [-0.05, 0) is 49.7 Å². The lowest BCUT2D eigenvalue weighted by atomic mass is 10.1. The van der Waals surface area contributed by atoms with E-state index in [-0.39, 0.29) is 16.9 Å². The van der Waals surface area contributed by atoms with Crippen LogP contribution >= 0.6 is 0 Å². The Bertz CT molecular complexity index is 969. The molecule has 4 nitrogen and oxygen atoms in total. The number of nitrogens with one attached hydrogen (secondary N) is 2. The minimum absolute atomic E-state index is 0.127. The van der Waals surface area contributed by atoms with Gasteiger partial charge < -0.3 is 15.5 Å². The minimum atomic E-state index is -4.53. The molecular weight excluding hydrogens is 398 g/mol. The second-order valence-corrected chi connectivity index (χ2v) is 7.01. The van der Waals surface area contributed by atoms with E-state index < -0.39 is 23.5 Å². The largest absolute Gasteiger partial charge is 0.418 e. The minimum Gasteiger partial charge on any atom is -0.371 e. The Labute approximate surface area is 172 Å². The fourth-order valence-corrected chi connectivity index (χ4v) is 3.39. The van der Waals surface area contributed by atoms with Gasteiger partial charge in [0.15, 0.2) is 0 Å². The first-order valence-corrected chi connectivity index (χ1v) is 9.78. The standard InChI is InChI=1S/C22H23F4N3O/c1-3-5-10-29(4-2)20-9-7-15(12-18(20)22(24,25)26)27-13-17-16-11-14(23)6-8-19(16)28-21(17)30/h6-9,11-13,27H,3-5,10H2,1-2H3,(H,28,30)/b17-13+. The number of hydrogen-bond donors (Lipinski definition) is 2. The second-order valence-electron chi connectivity index (χ2n) is 7.01. The van der Waals surface area contributed by atoms with E-state index in [0.29, 0.717) is 24.3 Å². The van der Waals surface area contributed by atoms with Crippen molar-refractivity contribution in [1.82, 2.24) is 0 Å². The maximum atomic E-state index is 13.7. The van der Waals surface area contributed by atoms with Gasteiger partial charge in [-0.15, -0.1) is 0 Å². The summed E-state index contributed by atoms with van der Waals surface area (Å²) in [5.74, 6) is -0.959. The van der Waals surface area contributed by atoms with Gasteiger partial charge >= 0.3 is 6.18 Å². The highest BCUT2D eigenvalue weighted by Gasteiger charge is 2.35. The van der Waals surface area contributed by atoms with Crippen LogP contribution in [0.3, 0.4) is 0 Å². The van der Waals surface area contributed by atoms with Gasteiger partial charge in [-0.25, -0.2) is 4.39 Å². The maximum Gasteiger partial charge on any atom is 0.418 e. The zero-order valence-corrected chi connectivity index (χ0v) is 16.7. The number of anilines is 3. The molecule has 0 atom stereocenters. The van der Waals surface area contributed by atoms with Gasteiger partial charge in [-0.3, -0.25) is 4.79 Å². The average Bonchev–Trinajstić information content (AvgIpc) is 3.01. The lowest BCUT2D eigenvalue weighted by molar-refractivity contribution is -0.137. The summed E-state index contributed by atoms with van der Waals surface area (Å²) in [7, 11) is 0. The van der Waals surface area contributed by atoms with Crippen LogP contribution < -0.4 is 15.5 Å². The van der Waals surface area contributed by atoms with Gasteiger partial charge in [-0.2, -0.15) is 13.2 Å². The van der Waals surface area contributed by atoms with Crippen molar-refractivity contribution in [2.45, 2.75) is 32.9 Å². The van der Waals surface area contributed by atoms with E-state index in [2.05, 4.69) is 10.6 Å². The predicted molar refractivity (Wildman–Crippen MR) is 111 cm³/mol. The quantitative estimate of drug-likeness (QED) is 0.434. The van der Waals surface area contributed by atoms with Crippen LogP contribution in [0.25, 0.3) is 5.57 Å². The molecule has 0 radical (unpaired) electrons. The summed E-state index contributed by atoms with van der Waals surface area (Å²) < 4.78 is 54.7. The van der Waals surface area contributed by atoms with Gasteiger partial charge in [0.05, 0.1) is 11.1 Å². The summed E-state index contributed by atoms with van der Waals surface area (Å²) in [6.07, 6.45) is -1.55. The third-order valence-electron chi connectivity index (χ3n) is 4.95. The van der Waals surface area contributed by atoms with Crippen molar-refractivity contribution in [2.75, 3.05) is 28.6 Å². The molecule has 1 amide bonds. The van der Waals surface area contributed by atoms with E-state index in [1.165, 1.54) is 36.5 Å². The number of amides is 1. The molecule has 2 aromatic carbocycles. The molecule has 2 aromatic rings. The Morgan fingerprint density at radius 2 is 1.90 bits per heavy atom. The zero-order valence-electron chi connectivity index (χ0n) is 16.7. The van der Waals surface area contributed by atoms with Crippen LogP contribution in [0.5, 0.6) is 0 Å². The highest BCUT2D eigenvalue weighted by molar-refractivity contribution is 6.31. The number of unbranched alkanes of at least 4 members (excludes halogenated alkanes) is 1. The first kappa shape index (κ1) is 21.7. The lowest BCUT2D eigenvalue weighted by Crippen LogP contribution is -2.26. The number of carbonyl (C=O) groups is 1. The summed E-state index contributed by atoms with van der Waals surface area (Å²) in [5.41, 5.74) is 0.532. The number of nitrogens with zero attached hydrogens (tertiary/aromatic N) is 1. The summed E-state index contributed by atoms with van der Waals surface area (Å²) in [6.45, 7) is 4.81. The number of alkyl halides is 3. The van der Waals surface area contributed by atoms with Crippen LogP contribution in [0, 0.1) is 5.82 Å². The third kappa shape index (κ3) is 4.58. The third-order valence-corrected chi connectivity index (χ3v) is 4.95. The first-order chi connectivity index (χ1) is 14.2. The molecule has 0 aromatic heterocycles. The number of rotatable bonds is 7. The second kappa shape index (κ2) is 8.77. The summed E-state index contributed by atoms with van der Waals surface area (Å²) >= 11 is 0. The van der Waals surface area contributed by atoms with E-state index in [4.69, 9.17) is 0 Å². The molecular formula is C22H23F4N3O. The van der Waals surface area contributed by atoms with Gasteiger partial charge in [0, 0.05) is 41.9 Å². The van der Waals surface area contributed by atoms with E-state index in [1.54, 1.807) is 4.90 Å². The summed E-state index contributed by atoms with van der Waals surface area (Å²) in [6, 6.07) is 7.87. The Balaban J connectivity index is 1.92. The Morgan fingerprint density at radius 3 is 2.57 bits per heavy atom. The topological polar surface area (TPSA) is 44.4 Å². The molecule has 1 aliphatic heterocycles. The number of fused-ring (bicyclic) bond motifs is 1. The molecule has 2 N–H and O–H groups in total. The van der Waals surface area contributed by atoms with Crippen LogP contribution in [0.15, 0.2) is 42.6 Å². The van der Waals surface area contributed by atoms with Gasteiger partial charge in [0.1, 0.15) is 5.82 Å². The van der Waals surface area contributed by atoms with E-state index in [9.17, 15) is 22.4 Å². The normalized spacial score (nSPS) is 14.6. The van der Waals surface area contributed by atoms with Gasteiger partial charge in [0.2, 0.25) is 0 Å². The molecule has 3 rings (SSSR count). The van der Waals surface area contributed by atoms with E-state index >= 15 is 0 Å². The molecule has 30 heavy (non-hydrogen) atoms. The number of hydrogen-bond acceptors (Lipinski definition) is 3. The average molecular weight is 421 g/mol. The maximum absolute atomic E-state index is 13.7. The van der Waals surface area contributed by atoms with Crippen molar-refractivity contribution in [3.8, 4) is 0 Å². The van der Waals surface area contributed by atoms with E-state index in [1.807, 2.05) is 13.8 Å². The summed E-state index contributed by atoms with van der Waals surface area (Å²) in [5, 5.41) is 5.35. The Morgan fingerprint density at radius 1 is 1.13 bits per heavy atom. The molecule has 1 heterocycles. The van der Waals surface area contributed by atoms with E-state index in [0.717, 1.165) is 18.9 Å². The fraction of sp³-hybridized carbons (Fsp3) is 0.318. The lowest BCUT2D eigenvalue weighted by Gasteiger charge is -2.27. The number of benzene rings is 2. The van der Waals surface area contributed by atoms with Crippen molar-refractivity contribution >= 4 is 28.5 Å². The van der Waals surface area contributed by atoms with Crippen molar-refractivity contribution in [3.05, 3.63) is 59.5 Å². The van der Waals surface area contributed by atoms with Crippen molar-refractivity contribution in [3.63, 3.8) is 0 Å². The molecule has 160 valence electrons. The van der Waals surface area contributed by atoms with Crippen LogP contribution in [-0.4, -0.2) is 19.0 Å². The molecule has 0 saturated heterocycles. The smallest absolute Gasteiger partial charge is 0.371 e. The molecule has 0 fully saturated rings. The van der Waals surface area contributed by atoms with Crippen molar-refractivity contribution in [1.29, 1.82) is 0 Å². The SMILES string of the molecule is CCCCN(CC)c1ccc(N/C=C2/C(=O)Nc3ccc(F)cc32)cc1C(F)(F)F. The van der Waals surface area contributed by atoms with Gasteiger partial charge in [0.25, 0.3) is 5.91 Å². The first-order valence-electron chi connectivity index (χ1n) is 9.78. The molecule has 0 saturated carbocycles. The van der Waals surface area contributed by atoms with Crippen LogP contribution in [-0.2, 0) is 11.0 Å². The zero-order chi connectivity index (χ0) is 21.9. The highest BCUT2D eigenvalue weighted by Crippen LogP contribution is 2.39. The van der Waals surface area contributed by atoms with Crippen LogP contribution in [0.1, 0.15) is 37.8 Å². The molecule has 8 heteroatoms. The molecule has 0 unspecified atom stereocenters. The monoisotopic (exact) mass is 421 g/mol. The Hall–Kier alpha value is -3.03. The van der Waals surface area contributed by atoms with Crippen molar-refractivity contribution < 1.29 is 22.4 Å². The van der Waals surface area contributed by atoms with Crippen molar-refractivity contribution in [2.24, 2.45) is 0 Å². The molecule has 0 bridgehead atoms. The molecule has 1 aliphatic rings. The van der Waals surface area contributed by atoms with Gasteiger partial charge in [-0.1, -0.05) is 13.3 Å². The number of halogens is 4. The van der Waals surface area contributed by atoms with Crippen LogP contribution in [0.4, 0.5) is 34.6 Å². The predicted octanol–water partition coefficient (Wildman–Crippen LogP) is 5.88. The molecule has 0 aliphatic carbocycles. The number of carbonyl (C=O) groups excluding carboxylic acids is 1. The Kier molecular flexibility index (Phi) is 6.34. The van der Waals surface area contributed by atoms with Crippen LogP contribution in [0.2, 0.25) is 0 Å². The fourth-order valence-electron chi connectivity index (χ4n) is 3.39. The highest BCUT2D eigenvalue weighted by atomic mass is 19.4. The molecule has 0 spiro atoms. The summed E-state index contributed by atoms with van der Waals surface area (Å²) in [4.78, 5) is 13.9.